The summed E-state index contributed by atoms with van der Waals surface area (Å²) in [5.74, 6) is 1.26. The lowest BCUT2D eigenvalue weighted by Crippen LogP contribution is -1.93. The van der Waals surface area contributed by atoms with Crippen molar-refractivity contribution in [2.45, 2.75) is 81.9 Å². The second-order valence-corrected chi connectivity index (χ2v) is 18.9. The number of aromatic nitrogens is 4. The lowest BCUT2D eigenvalue weighted by Gasteiger charge is -2.11. The number of carbonyl (C=O) groups is 1. The zero-order valence-corrected chi connectivity index (χ0v) is 36.7. The predicted octanol–water partition coefficient (Wildman–Crippen LogP) is 15.6. The van der Waals surface area contributed by atoms with Crippen LogP contribution in [0.4, 0.5) is 0 Å². The van der Waals surface area contributed by atoms with Gasteiger partial charge in [0.1, 0.15) is 0 Å². The van der Waals surface area contributed by atoms with Gasteiger partial charge in [-0.3, -0.25) is 4.79 Å². The first-order valence-electron chi connectivity index (χ1n) is 22.6. The van der Waals surface area contributed by atoms with Gasteiger partial charge in [-0.1, -0.05) is 128 Å². The van der Waals surface area contributed by atoms with Gasteiger partial charge >= 0.3 is 0 Å². The zero-order chi connectivity index (χ0) is 42.4. The Bertz CT molecular complexity index is 3040. The standard InChI is InChI=1S/C57H50N4OS/c1-35-11-13-41(14-12-35)54-46-27-29-48(58-46)55(42-19-15-39(16-20-42)37-7-3-4-8-37)50-31-33-52(60-50)57(44-23-25-45(26-24-44)63-36(2)62)53-34-32-51(61-53)56(49-30-28-47(54)59-49)43-21-17-40(18-22-43)38-9-5-6-10-38/h11-34,37-38,58,61H,3-10H2,1-2H3. The molecule has 0 unspecified atom stereocenters. The van der Waals surface area contributed by atoms with Crippen molar-refractivity contribution < 1.29 is 4.79 Å². The minimum atomic E-state index is 0.0653. The molecule has 0 saturated heterocycles. The quantitative estimate of drug-likeness (QED) is 0.157. The highest BCUT2D eigenvalue weighted by Gasteiger charge is 2.22. The third-order valence-electron chi connectivity index (χ3n) is 13.6. The number of carbonyl (C=O) groups excluding carboxylic acids is 1. The van der Waals surface area contributed by atoms with Gasteiger partial charge in [-0.25, -0.2) is 9.97 Å². The molecule has 0 spiro atoms. The molecule has 2 aliphatic heterocycles. The molecule has 3 aromatic heterocycles. The number of hydrogen-bond donors (Lipinski definition) is 2. The summed E-state index contributed by atoms with van der Waals surface area (Å²) in [5, 5.41) is 0.0653. The van der Waals surface area contributed by atoms with E-state index in [9.17, 15) is 4.79 Å². The lowest BCUT2D eigenvalue weighted by atomic mass is 9.94. The van der Waals surface area contributed by atoms with Gasteiger partial charge in [0.15, 0.2) is 5.12 Å². The monoisotopic (exact) mass is 838 g/mol. The molecule has 5 heterocycles. The maximum absolute atomic E-state index is 12.1. The summed E-state index contributed by atoms with van der Waals surface area (Å²) in [5.41, 5.74) is 20.1. The predicted molar refractivity (Wildman–Crippen MR) is 264 cm³/mol. The summed E-state index contributed by atoms with van der Waals surface area (Å²) in [4.78, 5) is 31.8. The lowest BCUT2D eigenvalue weighted by molar-refractivity contribution is -0.109. The van der Waals surface area contributed by atoms with Crippen LogP contribution < -0.4 is 0 Å². The molecule has 2 N–H and O–H groups in total. The molecule has 2 fully saturated rings. The van der Waals surface area contributed by atoms with Crippen LogP contribution in [0.15, 0.2) is 126 Å². The van der Waals surface area contributed by atoms with Crippen LogP contribution in [0.1, 0.15) is 110 Å². The van der Waals surface area contributed by atoms with Crippen molar-refractivity contribution in [2.24, 2.45) is 0 Å². The Balaban J connectivity index is 1.21. The molecule has 5 nitrogen and oxygen atoms in total. The van der Waals surface area contributed by atoms with Crippen molar-refractivity contribution in [3.05, 3.63) is 161 Å². The van der Waals surface area contributed by atoms with Crippen LogP contribution in [0.25, 0.3) is 90.9 Å². The van der Waals surface area contributed by atoms with E-state index in [1.54, 1.807) is 6.92 Å². The Kier molecular flexibility index (Phi) is 10.4. The van der Waals surface area contributed by atoms with Crippen molar-refractivity contribution in [2.75, 3.05) is 0 Å². The number of thioether (sulfide) groups is 1. The number of benzene rings is 4. The molecule has 8 bridgehead atoms. The number of hydrogen-bond acceptors (Lipinski definition) is 4. The third-order valence-corrected chi connectivity index (χ3v) is 14.3. The Morgan fingerprint density at radius 3 is 1.11 bits per heavy atom. The number of aryl methyl sites for hydroxylation is 1. The van der Waals surface area contributed by atoms with Crippen molar-refractivity contribution >= 4 is 63.2 Å². The van der Waals surface area contributed by atoms with E-state index in [2.05, 4.69) is 150 Å². The second-order valence-electron chi connectivity index (χ2n) is 17.7. The molecule has 2 saturated carbocycles. The fourth-order valence-electron chi connectivity index (χ4n) is 10.4. The fourth-order valence-corrected chi connectivity index (χ4v) is 11.0. The molecule has 6 heteroatoms. The highest BCUT2D eigenvalue weighted by molar-refractivity contribution is 8.13. The average Bonchev–Trinajstić information content (AvgIpc) is 4.16. The third kappa shape index (κ3) is 7.71. The van der Waals surface area contributed by atoms with E-state index in [1.165, 1.54) is 79.8 Å². The van der Waals surface area contributed by atoms with Gasteiger partial charge in [0.05, 0.1) is 22.8 Å². The van der Waals surface area contributed by atoms with Crippen molar-refractivity contribution in [1.82, 2.24) is 19.9 Å². The van der Waals surface area contributed by atoms with Crippen LogP contribution in [-0.4, -0.2) is 25.1 Å². The molecule has 7 aromatic rings. The van der Waals surface area contributed by atoms with Crippen LogP contribution in [0, 0.1) is 6.92 Å². The number of nitrogens with zero attached hydrogens (tertiary/aromatic N) is 2. The van der Waals surface area contributed by atoms with Crippen LogP contribution in [-0.2, 0) is 4.79 Å². The Morgan fingerprint density at radius 1 is 0.460 bits per heavy atom. The van der Waals surface area contributed by atoms with Gasteiger partial charge in [-0.05, 0) is 139 Å². The van der Waals surface area contributed by atoms with Gasteiger partial charge in [-0.15, -0.1) is 0 Å². The zero-order valence-electron chi connectivity index (χ0n) is 35.9. The Morgan fingerprint density at radius 2 is 0.778 bits per heavy atom. The Labute approximate surface area is 373 Å². The topological polar surface area (TPSA) is 74.4 Å². The van der Waals surface area contributed by atoms with Gasteiger partial charge in [0.2, 0.25) is 0 Å². The van der Waals surface area contributed by atoms with Crippen molar-refractivity contribution in [1.29, 1.82) is 0 Å². The average molecular weight is 839 g/mol. The number of nitrogens with one attached hydrogen (secondary N) is 2. The molecule has 0 amide bonds. The molecule has 0 radical (unpaired) electrons. The van der Waals surface area contributed by atoms with Gasteiger partial charge in [0.25, 0.3) is 0 Å². The molecular weight excluding hydrogens is 789 g/mol. The smallest absolute Gasteiger partial charge is 0.190 e. The van der Waals surface area contributed by atoms with Crippen LogP contribution >= 0.6 is 11.8 Å². The fraction of sp³-hybridized carbons (Fsp3) is 0.211. The molecule has 4 aromatic carbocycles. The molecule has 2 aliphatic carbocycles. The number of fused-ring (bicyclic) bond motifs is 8. The van der Waals surface area contributed by atoms with E-state index in [4.69, 9.17) is 9.97 Å². The van der Waals surface area contributed by atoms with E-state index in [0.29, 0.717) is 11.8 Å². The van der Waals surface area contributed by atoms with E-state index in [1.807, 2.05) is 12.1 Å². The van der Waals surface area contributed by atoms with E-state index in [0.717, 1.165) is 94.2 Å². The highest BCUT2D eigenvalue weighted by atomic mass is 32.2. The normalized spacial score (nSPS) is 15.1. The van der Waals surface area contributed by atoms with Crippen molar-refractivity contribution in [3.63, 3.8) is 0 Å². The first kappa shape index (κ1) is 39.4. The first-order chi connectivity index (χ1) is 30.9. The van der Waals surface area contributed by atoms with Crippen LogP contribution in [0.5, 0.6) is 0 Å². The minimum Gasteiger partial charge on any atom is -0.354 e. The summed E-state index contributed by atoms with van der Waals surface area (Å²) in [6.07, 6.45) is 18.9. The summed E-state index contributed by atoms with van der Waals surface area (Å²) >= 11 is 1.25. The summed E-state index contributed by atoms with van der Waals surface area (Å²) in [7, 11) is 0. The van der Waals surface area contributed by atoms with Crippen molar-refractivity contribution in [3.8, 4) is 44.5 Å². The SMILES string of the molecule is CC(=O)Sc1ccc(-c2c3nc(c(-c4ccc(C5CCCC5)cc4)c4ccc([nH]4)c(-c4ccc(C)cc4)c4nc(c(-c5ccc(C6CCCC6)cc5)c5ccc2[nH]5)C=C4)C=C3)cc1. The number of rotatable bonds is 7. The van der Waals surface area contributed by atoms with Gasteiger partial charge in [0, 0.05) is 56.1 Å². The number of aromatic amines is 2. The summed E-state index contributed by atoms with van der Waals surface area (Å²) < 4.78 is 0. The Hall–Kier alpha value is -6.50. The van der Waals surface area contributed by atoms with Crippen LogP contribution in [0.3, 0.4) is 0 Å². The maximum atomic E-state index is 12.1. The molecule has 0 atom stereocenters. The van der Waals surface area contributed by atoms with Gasteiger partial charge < -0.3 is 9.97 Å². The van der Waals surface area contributed by atoms with E-state index >= 15 is 0 Å². The maximum Gasteiger partial charge on any atom is 0.190 e. The van der Waals surface area contributed by atoms with Crippen LogP contribution in [0.2, 0.25) is 0 Å². The molecule has 63 heavy (non-hydrogen) atoms. The second kappa shape index (κ2) is 16.7. The molecule has 4 aliphatic rings. The van der Waals surface area contributed by atoms with E-state index < -0.39 is 0 Å². The minimum absolute atomic E-state index is 0.0653. The van der Waals surface area contributed by atoms with E-state index in [-0.39, 0.29) is 5.12 Å². The highest BCUT2D eigenvalue weighted by Crippen LogP contribution is 2.41. The summed E-state index contributed by atoms with van der Waals surface area (Å²) in [6.45, 7) is 3.74. The molecular formula is C57H50N4OS. The molecule has 11 rings (SSSR count). The number of H-pyrrole nitrogens is 2. The largest absolute Gasteiger partial charge is 0.354 e. The first-order valence-corrected chi connectivity index (χ1v) is 23.5. The molecule has 310 valence electrons. The summed E-state index contributed by atoms with van der Waals surface area (Å²) in [6, 6.07) is 44.3. The van der Waals surface area contributed by atoms with Gasteiger partial charge in [-0.2, -0.15) is 0 Å².